The number of halogens is 1. The third-order valence-corrected chi connectivity index (χ3v) is 14.0. The Balaban J connectivity index is 0.770. The van der Waals surface area contributed by atoms with Gasteiger partial charge >= 0.3 is 0 Å². The average molecular weight is 843 g/mol. The number of amides is 5. The van der Waals surface area contributed by atoms with Gasteiger partial charge < -0.3 is 14.5 Å². The van der Waals surface area contributed by atoms with Gasteiger partial charge in [0.05, 0.1) is 40.1 Å². The lowest BCUT2D eigenvalue weighted by atomic mass is 9.49. The van der Waals surface area contributed by atoms with Crippen molar-refractivity contribution in [1.29, 1.82) is 5.26 Å². The Kier molecular flexibility index (Phi) is 10.2. The van der Waals surface area contributed by atoms with E-state index in [-0.39, 0.29) is 42.4 Å². The van der Waals surface area contributed by atoms with Crippen LogP contribution in [0.25, 0.3) is 0 Å². The predicted molar refractivity (Wildman–Crippen MR) is 223 cm³/mol. The molecule has 2 aliphatic carbocycles. The molecule has 14 nitrogen and oxygen atoms in total. The van der Waals surface area contributed by atoms with Crippen molar-refractivity contribution in [2.75, 3.05) is 31.1 Å². The van der Waals surface area contributed by atoms with E-state index in [0.717, 1.165) is 62.4 Å². The maximum atomic E-state index is 13.7. The quantitative estimate of drug-likeness (QED) is 0.263. The summed E-state index contributed by atoms with van der Waals surface area (Å²) < 4.78 is 6.45. The molecule has 61 heavy (non-hydrogen) atoms. The van der Waals surface area contributed by atoms with E-state index in [1.807, 2.05) is 11.0 Å². The Morgan fingerprint density at radius 2 is 1.59 bits per heavy atom. The van der Waals surface area contributed by atoms with E-state index < -0.39 is 40.5 Å². The normalized spacial score (nSPS) is 26.8. The fourth-order valence-electron chi connectivity index (χ4n) is 11.1. The second kappa shape index (κ2) is 15.3. The van der Waals surface area contributed by atoms with Crippen LogP contribution in [0.15, 0.2) is 42.6 Å². The van der Waals surface area contributed by atoms with Crippen LogP contribution in [0.3, 0.4) is 0 Å². The first-order valence-electron chi connectivity index (χ1n) is 21.0. The predicted octanol–water partition coefficient (Wildman–Crippen LogP) is 4.97. The number of rotatable bonds is 6. The molecule has 0 radical (unpaired) electrons. The number of aromatic nitrogens is 2. The molecule has 2 saturated heterocycles. The van der Waals surface area contributed by atoms with E-state index in [1.54, 1.807) is 36.5 Å². The van der Waals surface area contributed by atoms with Crippen LogP contribution in [0.5, 0.6) is 5.75 Å². The number of nitrogens with zero attached hydrogens (tertiary/aromatic N) is 7. The fourth-order valence-corrected chi connectivity index (χ4v) is 11.3. The van der Waals surface area contributed by atoms with Crippen molar-refractivity contribution >= 4 is 46.8 Å². The fraction of sp³-hybridized carbons (Fsp3) is 0.478. The highest BCUT2D eigenvalue weighted by atomic mass is 35.5. The molecule has 2 aromatic carbocycles. The number of carbonyl (C=O) groups is 5. The maximum Gasteiger partial charge on any atom is 0.275 e. The first kappa shape index (κ1) is 40.6. The monoisotopic (exact) mass is 842 g/mol. The third-order valence-electron chi connectivity index (χ3n) is 13.7. The molecule has 314 valence electrons. The smallest absolute Gasteiger partial charge is 0.275 e. The lowest BCUT2D eigenvalue weighted by Gasteiger charge is -2.65. The van der Waals surface area contributed by atoms with Crippen LogP contribution in [0.4, 0.5) is 5.69 Å². The van der Waals surface area contributed by atoms with E-state index in [9.17, 15) is 29.2 Å². The molecule has 1 aromatic heterocycles. The Morgan fingerprint density at radius 3 is 2.28 bits per heavy atom. The third kappa shape index (κ3) is 7.00. The van der Waals surface area contributed by atoms with Gasteiger partial charge in [-0.15, -0.1) is 0 Å². The molecule has 6 aliphatic rings. The van der Waals surface area contributed by atoms with Crippen LogP contribution in [0.1, 0.15) is 114 Å². The minimum atomic E-state index is -0.983. The Hall–Kier alpha value is -5.83. The molecule has 4 aliphatic heterocycles. The van der Waals surface area contributed by atoms with Crippen molar-refractivity contribution in [2.45, 2.75) is 97.0 Å². The van der Waals surface area contributed by atoms with Crippen molar-refractivity contribution in [2.24, 2.45) is 16.7 Å². The van der Waals surface area contributed by atoms with Gasteiger partial charge in [0.25, 0.3) is 17.7 Å². The largest absolute Gasteiger partial charge is 0.489 e. The maximum absolute atomic E-state index is 13.7. The number of nitrogens with one attached hydrogen (secondary N) is 1. The summed E-state index contributed by atoms with van der Waals surface area (Å²) in [6.07, 6.45) is 5.66. The van der Waals surface area contributed by atoms with E-state index in [2.05, 4.69) is 65.7 Å². The van der Waals surface area contributed by atoms with Crippen LogP contribution >= 0.6 is 11.6 Å². The number of piperazine rings is 1. The van der Waals surface area contributed by atoms with Crippen molar-refractivity contribution in [3.8, 4) is 23.7 Å². The number of ether oxygens (including phenoxy) is 1. The molecular formula is C46H47ClN8O6. The van der Waals surface area contributed by atoms with Gasteiger partial charge in [-0.1, -0.05) is 45.2 Å². The van der Waals surface area contributed by atoms with Crippen LogP contribution < -0.4 is 15.0 Å². The molecule has 0 spiro atoms. The molecule has 0 bridgehead atoms. The first-order chi connectivity index (χ1) is 29.1. The topological polar surface area (TPSA) is 169 Å². The molecule has 1 atom stereocenters. The molecule has 4 fully saturated rings. The zero-order valence-corrected chi connectivity index (χ0v) is 35.4. The van der Waals surface area contributed by atoms with Gasteiger partial charge in [0, 0.05) is 73.2 Å². The zero-order chi connectivity index (χ0) is 43.0. The van der Waals surface area contributed by atoms with Gasteiger partial charge in [-0.25, -0.2) is 9.97 Å². The highest BCUT2D eigenvalue weighted by Gasteiger charge is 2.67. The lowest BCUT2D eigenvalue weighted by Crippen LogP contribution is -2.74. The van der Waals surface area contributed by atoms with Crippen molar-refractivity contribution < 1.29 is 28.7 Å². The highest BCUT2D eigenvalue weighted by molar-refractivity contribution is 6.31. The van der Waals surface area contributed by atoms with Gasteiger partial charge in [0.15, 0.2) is 5.69 Å². The molecular weight excluding hydrogens is 796 g/mol. The molecule has 9 rings (SSSR count). The number of nitriles is 1. The standard InChI is InChI=1S/C46H47ClN8O6/c1-45(2)43(46(3,4)44(45)61-31-13-8-27(23-48)34(47)22-31)54-25-35-38(42(54)60)49-24-28(50-35)9-5-26-6-10-29(11-7-26)52-17-19-53(20-18-52)30-12-14-32-33(21-30)41(59)55(40(32)58)36-15-16-37(56)51-39(36)57/h8,12-14,21-22,24,26,29,36,43-44H,6-7,10-11,15-20,25H2,1-4H3,(H,51,56,57)/t26-,29-,36?,43-,44-. The summed E-state index contributed by atoms with van der Waals surface area (Å²) in [6, 6.07) is 11.8. The van der Waals surface area contributed by atoms with E-state index in [4.69, 9.17) is 21.3 Å². The average Bonchev–Trinajstić information content (AvgIpc) is 3.68. The zero-order valence-electron chi connectivity index (χ0n) is 34.7. The van der Waals surface area contributed by atoms with Gasteiger partial charge in [-0.05, 0) is 68.4 Å². The molecule has 2 saturated carbocycles. The summed E-state index contributed by atoms with van der Waals surface area (Å²) in [5.74, 6) is 5.42. The van der Waals surface area contributed by atoms with Crippen molar-refractivity contribution in [1.82, 2.24) is 30.0 Å². The number of piperidine rings is 1. The van der Waals surface area contributed by atoms with E-state index in [0.29, 0.717) is 51.6 Å². The van der Waals surface area contributed by atoms with Crippen molar-refractivity contribution in [3.05, 3.63) is 81.4 Å². The minimum absolute atomic E-state index is 0.0845. The number of hydrogen-bond acceptors (Lipinski definition) is 11. The number of benzene rings is 2. The molecule has 1 N–H and O–H groups in total. The van der Waals surface area contributed by atoms with E-state index >= 15 is 0 Å². The summed E-state index contributed by atoms with van der Waals surface area (Å²) in [4.78, 5) is 81.4. The molecule has 15 heteroatoms. The summed E-state index contributed by atoms with van der Waals surface area (Å²) in [7, 11) is 0. The highest BCUT2D eigenvalue weighted by Crippen LogP contribution is 2.59. The van der Waals surface area contributed by atoms with Gasteiger partial charge in [-0.3, -0.25) is 39.1 Å². The number of fused-ring (bicyclic) bond motifs is 2. The molecule has 1 unspecified atom stereocenters. The number of carbonyl (C=O) groups excluding carboxylic acids is 5. The second-order valence-electron chi connectivity index (χ2n) is 18.3. The molecule has 5 heterocycles. The van der Waals surface area contributed by atoms with Crippen LogP contribution in [-0.2, 0) is 16.1 Å². The molecule has 3 aromatic rings. The van der Waals surface area contributed by atoms with Crippen molar-refractivity contribution in [3.63, 3.8) is 0 Å². The SMILES string of the molecule is CC1(C)[C@H](Oc2ccc(C#N)c(Cl)c2)C(C)(C)[C@H]1N1Cc2nc(C#C[C@H]3CC[C@H](N4CCN(c5ccc6c(c5)C(=O)N(C5CCC(=O)NC5=O)C6=O)CC4)CC3)cnc2C1=O. The Bertz CT molecular complexity index is 2470. The number of hydrogen-bond donors (Lipinski definition) is 1. The second-order valence-corrected chi connectivity index (χ2v) is 18.7. The Labute approximate surface area is 359 Å². The summed E-state index contributed by atoms with van der Waals surface area (Å²) in [5, 5.41) is 11.8. The van der Waals surface area contributed by atoms with Gasteiger partial charge in [0.2, 0.25) is 11.8 Å². The van der Waals surface area contributed by atoms with Gasteiger partial charge in [-0.2, -0.15) is 5.26 Å². The Morgan fingerprint density at radius 1 is 0.869 bits per heavy atom. The summed E-state index contributed by atoms with van der Waals surface area (Å²) in [6.45, 7) is 12.1. The number of imide groups is 2. The van der Waals surface area contributed by atoms with Crippen LogP contribution in [-0.4, -0.2) is 105 Å². The molecule has 5 amide bonds. The van der Waals surface area contributed by atoms with E-state index in [1.165, 1.54) is 0 Å². The summed E-state index contributed by atoms with van der Waals surface area (Å²) >= 11 is 6.29. The minimum Gasteiger partial charge on any atom is -0.489 e. The summed E-state index contributed by atoms with van der Waals surface area (Å²) in [5.41, 5.74) is 2.64. The van der Waals surface area contributed by atoms with Crippen LogP contribution in [0.2, 0.25) is 5.02 Å². The van der Waals surface area contributed by atoms with Crippen LogP contribution in [0, 0.1) is 39.9 Å². The van der Waals surface area contributed by atoms with Gasteiger partial charge in [0.1, 0.15) is 29.7 Å². The number of anilines is 1. The lowest BCUT2D eigenvalue weighted by molar-refractivity contribution is -0.199. The first-order valence-corrected chi connectivity index (χ1v) is 21.4.